The number of aliphatic carboxylic acids is 1. The van der Waals surface area contributed by atoms with Gasteiger partial charge in [-0.1, -0.05) is 40.1 Å². The lowest BCUT2D eigenvalue weighted by molar-refractivity contribution is -0.142. The van der Waals surface area contributed by atoms with Gasteiger partial charge in [-0.2, -0.15) is 0 Å². The van der Waals surface area contributed by atoms with Crippen LogP contribution in [0.4, 0.5) is 0 Å². The van der Waals surface area contributed by atoms with Crippen LogP contribution in [-0.4, -0.2) is 22.1 Å². The Kier molecular flexibility index (Phi) is 5.77. The number of carboxylic acids is 1. The van der Waals surface area contributed by atoms with Crippen LogP contribution in [0.15, 0.2) is 33.3 Å². The van der Waals surface area contributed by atoms with Crippen LogP contribution in [-0.2, 0) is 9.59 Å². The minimum Gasteiger partial charge on any atom is -0.479 e. The zero-order valence-corrected chi connectivity index (χ0v) is 15.3. The first-order valence-corrected chi connectivity index (χ1v) is 8.29. The van der Waals surface area contributed by atoms with E-state index in [1.165, 1.54) is 0 Å². The molecule has 2 aromatic rings. The predicted octanol–water partition coefficient (Wildman–Crippen LogP) is 3.49. The summed E-state index contributed by atoms with van der Waals surface area (Å²) < 4.78 is 5.96. The van der Waals surface area contributed by atoms with Crippen molar-refractivity contribution in [3.05, 3.63) is 51.3 Å². The number of benzene rings is 1. The molecule has 0 spiro atoms. The lowest BCUT2D eigenvalue weighted by atomic mass is 9.95. The van der Waals surface area contributed by atoms with E-state index in [0.717, 1.165) is 15.7 Å². The molecule has 2 atom stereocenters. The first-order chi connectivity index (χ1) is 11.3. The first-order valence-electron chi connectivity index (χ1n) is 7.50. The number of carbonyl (C=O) groups is 2. The van der Waals surface area contributed by atoms with Gasteiger partial charge in [0.25, 0.3) is 0 Å². The van der Waals surface area contributed by atoms with Gasteiger partial charge in [0, 0.05) is 16.5 Å². The Labute approximate surface area is 148 Å². The van der Waals surface area contributed by atoms with Crippen LogP contribution in [0.3, 0.4) is 0 Å². The van der Waals surface area contributed by atoms with Gasteiger partial charge in [-0.25, -0.2) is 4.79 Å². The summed E-state index contributed by atoms with van der Waals surface area (Å²) in [5.41, 5.74) is 2.15. The quantitative estimate of drug-likeness (QED) is 0.781. The molecule has 128 valence electrons. The van der Waals surface area contributed by atoms with Gasteiger partial charge in [0.05, 0.1) is 5.69 Å². The van der Waals surface area contributed by atoms with E-state index in [0.29, 0.717) is 11.3 Å². The number of nitrogens with one attached hydrogen (secondary N) is 1. The molecule has 0 fully saturated rings. The molecule has 0 radical (unpaired) electrons. The topological polar surface area (TPSA) is 92.4 Å². The van der Waals surface area contributed by atoms with Gasteiger partial charge < -0.3 is 14.9 Å². The normalized spacial score (nSPS) is 13.3. The maximum absolute atomic E-state index is 12.3. The third-order valence-corrected chi connectivity index (χ3v) is 4.36. The predicted molar refractivity (Wildman–Crippen MR) is 91.7 cm³/mol. The van der Waals surface area contributed by atoms with Crippen molar-refractivity contribution in [2.75, 3.05) is 0 Å². The summed E-state index contributed by atoms with van der Waals surface area (Å²) in [4.78, 5) is 23.8. The zero-order valence-electron chi connectivity index (χ0n) is 13.7. The number of aryl methyl sites for hydroxylation is 2. The average molecular weight is 395 g/mol. The summed E-state index contributed by atoms with van der Waals surface area (Å²) in [6, 6.07) is 5.73. The molecule has 0 aliphatic carbocycles. The van der Waals surface area contributed by atoms with Crippen molar-refractivity contribution in [2.45, 2.75) is 39.2 Å². The van der Waals surface area contributed by atoms with Gasteiger partial charge >= 0.3 is 5.97 Å². The lowest BCUT2D eigenvalue weighted by Crippen LogP contribution is -2.34. The van der Waals surface area contributed by atoms with E-state index in [2.05, 4.69) is 26.4 Å². The van der Waals surface area contributed by atoms with Gasteiger partial charge in [-0.15, -0.1) is 0 Å². The molecule has 6 nitrogen and oxygen atoms in total. The van der Waals surface area contributed by atoms with Crippen molar-refractivity contribution < 1.29 is 19.2 Å². The van der Waals surface area contributed by atoms with Crippen molar-refractivity contribution in [2.24, 2.45) is 0 Å². The molecular formula is C17H19BrN2O4. The Morgan fingerprint density at radius 2 is 1.92 bits per heavy atom. The molecule has 2 unspecified atom stereocenters. The lowest BCUT2D eigenvalue weighted by Gasteiger charge is -2.17. The minimum atomic E-state index is -1.10. The number of hydrogen-bond acceptors (Lipinski definition) is 4. The number of amides is 1. The van der Waals surface area contributed by atoms with Crippen LogP contribution in [0.5, 0.6) is 0 Å². The third-order valence-electron chi connectivity index (χ3n) is 3.83. The van der Waals surface area contributed by atoms with Gasteiger partial charge in [-0.05, 0) is 37.5 Å². The maximum atomic E-state index is 12.3. The molecule has 7 heteroatoms. The van der Waals surface area contributed by atoms with Gasteiger partial charge in [0.2, 0.25) is 5.91 Å². The zero-order chi connectivity index (χ0) is 17.9. The highest BCUT2D eigenvalue weighted by atomic mass is 79.9. The number of halogens is 1. The number of carboxylic acid groups (broad SMARTS) is 1. The highest BCUT2D eigenvalue weighted by Crippen LogP contribution is 2.26. The fraction of sp³-hybridized carbons (Fsp3) is 0.353. The van der Waals surface area contributed by atoms with E-state index in [1.54, 1.807) is 31.2 Å². The van der Waals surface area contributed by atoms with E-state index in [-0.39, 0.29) is 18.2 Å². The van der Waals surface area contributed by atoms with Crippen LogP contribution in [0.1, 0.15) is 47.9 Å². The van der Waals surface area contributed by atoms with Crippen LogP contribution in [0.2, 0.25) is 0 Å². The molecule has 24 heavy (non-hydrogen) atoms. The Bertz CT molecular complexity index is 720. The maximum Gasteiger partial charge on any atom is 0.330 e. The van der Waals surface area contributed by atoms with E-state index in [4.69, 9.17) is 4.52 Å². The first kappa shape index (κ1) is 18.2. The monoisotopic (exact) mass is 394 g/mol. The minimum absolute atomic E-state index is 0.115. The fourth-order valence-electron chi connectivity index (χ4n) is 2.74. The Morgan fingerprint density at radius 3 is 2.42 bits per heavy atom. The van der Waals surface area contributed by atoms with Crippen LogP contribution >= 0.6 is 15.9 Å². The van der Waals surface area contributed by atoms with Crippen molar-refractivity contribution in [1.29, 1.82) is 0 Å². The molecule has 1 amide bonds. The largest absolute Gasteiger partial charge is 0.479 e. The fourth-order valence-corrected chi connectivity index (χ4v) is 3.00. The molecule has 2 N–H and O–H groups in total. The second-order valence-corrected chi connectivity index (χ2v) is 6.65. The summed E-state index contributed by atoms with van der Waals surface area (Å²) in [7, 11) is 0. The molecule has 0 bridgehead atoms. The van der Waals surface area contributed by atoms with E-state index in [9.17, 15) is 14.7 Å². The Hall–Kier alpha value is -2.15. The standard InChI is InChI=1S/C17H19BrN2O4/c1-9(15-10(2)20-24-11(15)3)8-14(21)19-16(17(22)23)12-4-6-13(18)7-5-12/h4-7,9,16H,8H2,1-3H3,(H,19,21)(H,22,23). The third kappa shape index (κ3) is 4.23. The summed E-state index contributed by atoms with van der Waals surface area (Å²) >= 11 is 3.30. The van der Waals surface area contributed by atoms with E-state index in [1.807, 2.05) is 13.8 Å². The summed E-state index contributed by atoms with van der Waals surface area (Å²) in [6.07, 6.45) is 0.156. The van der Waals surface area contributed by atoms with Crippen molar-refractivity contribution >= 4 is 27.8 Å². The molecule has 1 heterocycles. The molecule has 0 aliphatic heterocycles. The molecule has 2 rings (SSSR count). The van der Waals surface area contributed by atoms with Gasteiger partial charge in [0.1, 0.15) is 5.76 Å². The second kappa shape index (κ2) is 7.61. The van der Waals surface area contributed by atoms with Gasteiger partial charge in [-0.3, -0.25) is 4.79 Å². The number of hydrogen-bond donors (Lipinski definition) is 2. The van der Waals surface area contributed by atoms with Gasteiger partial charge in [0.15, 0.2) is 6.04 Å². The number of nitrogens with zero attached hydrogens (tertiary/aromatic N) is 1. The van der Waals surface area contributed by atoms with Crippen LogP contribution in [0.25, 0.3) is 0 Å². The van der Waals surface area contributed by atoms with Crippen LogP contribution in [0, 0.1) is 13.8 Å². The smallest absolute Gasteiger partial charge is 0.330 e. The average Bonchev–Trinajstić information content (AvgIpc) is 2.84. The van der Waals surface area contributed by atoms with E-state index >= 15 is 0 Å². The van der Waals surface area contributed by atoms with Crippen molar-refractivity contribution in [3.8, 4) is 0 Å². The number of rotatable bonds is 6. The molecule has 1 aromatic heterocycles. The highest BCUT2D eigenvalue weighted by molar-refractivity contribution is 9.10. The number of aromatic nitrogens is 1. The summed E-state index contributed by atoms with van der Waals surface area (Å²) in [5.74, 6) is -0.875. The van der Waals surface area contributed by atoms with E-state index < -0.39 is 12.0 Å². The molecular weight excluding hydrogens is 376 g/mol. The van der Waals surface area contributed by atoms with Crippen molar-refractivity contribution in [1.82, 2.24) is 10.5 Å². The Balaban J connectivity index is 2.08. The second-order valence-electron chi connectivity index (χ2n) is 5.73. The SMILES string of the molecule is Cc1noc(C)c1C(C)CC(=O)NC(C(=O)O)c1ccc(Br)cc1. The van der Waals surface area contributed by atoms with Crippen molar-refractivity contribution in [3.63, 3.8) is 0 Å². The Morgan fingerprint density at radius 1 is 1.29 bits per heavy atom. The summed E-state index contributed by atoms with van der Waals surface area (Å²) in [6.45, 7) is 5.51. The highest BCUT2D eigenvalue weighted by Gasteiger charge is 2.25. The van der Waals surface area contributed by atoms with Crippen LogP contribution < -0.4 is 5.32 Å². The molecule has 1 aromatic carbocycles. The molecule has 0 aliphatic rings. The number of carbonyl (C=O) groups excluding carboxylic acids is 1. The molecule has 0 saturated heterocycles. The summed E-state index contributed by atoms with van der Waals surface area (Å²) in [5, 5.41) is 15.9. The molecule has 0 saturated carbocycles.